The molecule has 6 nitrogen and oxygen atoms in total. The van der Waals surface area contributed by atoms with E-state index in [0.29, 0.717) is 10.8 Å². The molecule has 1 aromatic rings. The number of thioether (sulfide) groups is 1. The third-order valence-corrected chi connectivity index (χ3v) is 7.03. The molecule has 7 heteroatoms. The van der Waals surface area contributed by atoms with Crippen LogP contribution in [-0.2, 0) is 14.3 Å². The molecule has 0 bridgehead atoms. The van der Waals surface area contributed by atoms with E-state index in [2.05, 4.69) is 44.9 Å². The molecular formula is C23H30N2O4S. The van der Waals surface area contributed by atoms with Crippen molar-refractivity contribution in [3.63, 3.8) is 0 Å². The number of hydrogen-bond donors (Lipinski definition) is 0. The number of imide groups is 1. The van der Waals surface area contributed by atoms with Crippen molar-refractivity contribution in [1.29, 1.82) is 0 Å². The van der Waals surface area contributed by atoms with Crippen LogP contribution in [0.5, 0.6) is 0 Å². The van der Waals surface area contributed by atoms with E-state index < -0.39 is 23.2 Å². The smallest absolute Gasteiger partial charge is 0.329 e. The Hall–Kier alpha value is -2.28. The Morgan fingerprint density at radius 3 is 2.67 bits per heavy atom. The standard InChI is InChI=1S/C23H30N2O4S/c1-8-29-21(27)15(4)25-20(26)19(30-22(25)28)11-16-10-17-14(3)12-23(5,6)24(7)18(17)9-13(16)2/h9-11,14-15H,8,12H2,1-7H3/b19-11+/t14-,15+/m0/s1. The van der Waals surface area contributed by atoms with Gasteiger partial charge in [0.1, 0.15) is 6.04 Å². The number of carbonyl (C=O) groups is 3. The van der Waals surface area contributed by atoms with E-state index >= 15 is 0 Å². The van der Waals surface area contributed by atoms with Crippen molar-refractivity contribution >= 4 is 40.6 Å². The van der Waals surface area contributed by atoms with E-state index in [1.165, 1.54) is 18.2 Å². The lowest BCUT2D eigenvalue weighted by Crippen LogP contribution is -2.45. The van der Waals surface area contributed by atoms with Gasteiger partial charge in [-0.2, -0.15) is 0 Å². The highest BCUT2D eigenvalue weighted by Crippen LogP contribution is 2.44. The number of aryl methyl sites for hydroxylation is 1. The molecule has 1 fully saturated rings. The maximum Gasteiger partial charge on any atom is 0.329 e. The van der Waals surface area contributed by atoms with Gasteiger partial charge < -0.3 is 9.64 Å². The molecule has 2 heterocycles. The van der Waals surface area contributed by atoms with Gasteiger partial charge in [-0.25, -0.2) is 4.79 Å². The number of benzene rings is 1. The monoisotopic (exact) mass is 430 g/mol. The van der Waals surface area contributed by atoms with Crippen molar-refractivity contribution in [3.8, 4) is 0 Å². The van der Waals surface area contributed by atoms with Crippen LogP contribution in [0.15, 0.2) is 17.0 Å². The van der Waals surface area contributed by atoms with Crippen molar-refractivity contribution in [1.82, 2.24) is 4.90 Å². The Morgan fingerprint density at radius 2 is 2.03 bits per heavy atom. The molecule has 2 aliphatic heterocycles. The van der Waals surface area contributed by atoms with E-state index in [4.69, 9.17) is 4.74 Å². The fraction of sp³-hybridized carbons (Fsp3) is 0.522. The number of fused-ring (bicyclic) bond motifs is 1. The summed E-state index contributed by atoms with van der Waals surface area (Å²) in [6.07, 6.45) is 2.80. The van der Waals surface area contributed by atoms with Crippen molar-refractivity contribution in [2.24, 2.45) is 0 Å². The number of ether oxygens (including phenoxy) is 1. The Bertz CT molecular complexity index is 937. The number of anilines is 1. The number of rotatable bonds is 4. The predicted octanol–water partition coefficient (Wildman–Crippen LogP) is 4.70. The minimum absolute atomic E-state index is 0.0757. The second kappa shape index (κ2) is 8.10. The first-order chi connectivity index (χ1) is 14.0. The van der Waals surface area contributed by atoms with Gasteiger partial charge in [0.25, 0.3) is 11.1 Å². The van der Waals surface area contributed by atoms with Gasteiger partial charge in [-0.3, -0.25) is 14.5 Å². The maximum atomic E-state index is 12.9. The van der Waals surface area contributed by atoms with Gasteiger partial charge >= 0.3 is 5.97 Å². The maximum absolute atomic E-state index is 12.9. The zero-order valence-corrected chi connectivity index (χ0v) is 19.6. The van der Waals surface area contributed by atoms with E-state index in [-0.39, 0.29) is 12.1 Å². The molecular weight excluding hydrogens is 400 g/mol. The summed E-state index contributed by atoms with van der Waals surface area (Å²) in [5, 5.41) is -0.447. The highest BCUT2D eigenvalue weighted by atomic mass is 32.2. The lowest BCUT2D eigenvalue weighted by Gasteiger charge is -2.45. The van der Waals surface area contributed by atoms with Gasteiger partial charge in [0, 0.05) is 18.3 Å². The zero-order chi connectivity index (χ0) is 22.4. The van der Waals surface area contributed by atoms with Crippen molar-refractivity contribution in [2.75, 3.05) is 18.6 Å². The number of nitrogens with zero attached hydrogens (tertiary/aromatic N) is 2. The molecule has 0 aromatic heterocycles. The van der Waals surface area contributed by atoms with E-state index in [1.54, 1.807) is 13.0 Å². The van der Waals surface area contributed by atoms with Crippen molar-refractivity contribution in [2.45, 2.75) is 65.5 Å². The fourth-order valence-electron chi connectivity index (χ4n) is 4.21. The van der Waals surface area contributed by atoms with Gasteiger partial charge in [0.2, 0.25) is 0 Å². The van der Waals surface area contributed by atoms with Gasteiger partial charge in [0.15, 0.2) is 0 Å². The molecule has 2 atom stereocenters. The van der Waals surface area contributed by atoms with Crippen LogP contribution in [0.3, 0.4) is 0 Å². The van der Waals surface area contributed by atoms with E-state index in [1.807, 2.05) is 6.92 Å². The summed E-state index contributed by atoms with van der Waals surface area (Å²) in [5.41, 5.74) is 4.48. The summed E-state index contributed by atoms with van der Waals surface area (Å²) in [6, 6.07) is 3.34. The fourth-order valence-corrected chi connectivity index (χ4v) is 5.11. The second-order valence-electron chi connectivity index (χ2n) is 8.72. The number of esters is 1. The highest BCUT2D eigenvalue weighted by Gasteiger charge is 2.41. The number of carbonyl (C=O) groups excluding carboxylic acids is 3. The number of hydrogen-bond acceptors (Lipinski definition) is 6. The van der Waals surface area contributed by atoms with Crippen molar-refractivity contribution < 1.29 is 19.1 Å². The SMILES string of the molecule is CCOC(=O)[C@@H](C)N1C(=O)S/C(=C/c2cc3c(cc2C)N(C)C(C)(C)C[C@@H]3C)C1=O. The van der Waals surface area contributed by atoms with Gasteiger partial charge in [-0.1, -0.05) is 6.92 Å². The largest absolute Gasteiger partial charge is 0.464 e. The first-order valence-corrected chi connectivity index (χ1v) is 11.1. The molecule has 0 spiro atoms. The molecule has 162 valence electrons. The molecule has 0 N–H and O–H groups in total. The molecule has 0 aliphatic carbocycles. The minimum Gasteiger partial charge on any atom is -0.464 e. The average Bonchev–Trinajstić information content (AvgIpc) is 2.93. The summed E-state index contributed by atoms with van der Waals surface area (Å²) < 4.78 is 4.97. The van der Waals surface area contributed by atoms with Crippen LogP contribution in [0.4, 0.5) is 10.5 Å². The summed E-state index contributed by atoms with van der Waals surface area (Å²) in [5.74, 6) is -0.641. The van der Waals surface area contributed by atoms with Crippen LogP contribution >= 0.6 is 11.8 Å². The minimum atomic E-state index is -0.941. The molecule has 2 amide bonds. The normalized spacial score (nSPS) is 23.0. The molecule has 0 unspecified atom stereocenters. The van der Waals surface area contributed by atoms with Crippen LogP contribution < -0.4 is 4.90 Å². The average molecular weight is 431 g/mol. The predicted molar refractivity (Wildman–Crippen MR) is 121 cm³/mol. The quantitative estimate of drug-likeness (QED) is 0.509. The summed E-state index contributed by atoms with van der Waals surface area (Å²) in [7, 11) is 2.12. The first kappa shape index (κ1) is 22.4. The van der Waals surface area contributed by atoms with E-state index in [0.717, 1.165) is 34.2 Å². The molecule has 1 aromatic carbocycles. The third-order valence-electron chi connectivity index (χ3n) is 6.15. The lowest BCUT2D eigenvalue weighted by molar-refractivity contribution is -0.150. The summed E-state index contributed by atoms with van der Waals surface area (Å²) in [4.78, 5) is 41.0. The molecule has 0 radical (unpaired) electrons. The molecule has 2 aliphatic rings. The van der Waals surface area contributed by atoms with Crippen LogP contribution in [0.25, 0.3) is 6.08 Å². The highest BCUT2D eigenvalue weighted by molar-refractivity contribution is 8.18. The Morgan fingerprint density at radius 1 is 1.37 bits per heavy atom. The molecule has 30 heavy (non-hydrogen) atoms. The second-order valence-corrected chi connectivity index (χ2v) is 9.72. The van der Waals surface area contributed by atoms with Gasteiger partial charge in [-0.15, -0.1) is 0 Å². The first-order valence-electron chi connectivity index (χ1n) is 10.3. The van der Waals surface area contributed by atoms with Gasteiger partial charge in [0.05, 0.1) is 11.5 Å². The Labute approximate surface area is 182 Å². The third kappa shape index (κ3) is 3.87. The molecule has 3 rings (SSSR count). The lowest BCUT2D eigenvalue weighted by atomic mass is 9.79. The Balaban J connectivity index is 1.95. The van der Waals surface area contributed by atoms with Crippen LogP contribution in [-0.4, -0.2) is 47.3 Å². The van der Waals surface area contributed by atoms with Crippen molar-refractivity contribution in [3.05, 3.63) is 33.7 Å². The Kier molecular flexibility index (Phi) is 6.05. The summed E-state index contributed by atoms with van der Waals surface area (Å²) in [6.45, 7) is 12.1. The zero-order valence-electron chi connectivity index (χ0n) is 18.7. The molecule has 0 saturated carbocycles. The van der Waals surface area contributed by atoms with Crippen LogP contribution in [0, 0.1) is 6.92 Å². The van der Waals surface area contributed by atoms with E-state index in [9.17, 15) is 14.4 Å². The molecule has 1 saturated heterocycles. The van der Waals surface area contributed by atoms with Gasteiger partial charge in [-0.05, 0) is 93.6 Å². The number of amides is 2. The topological polar surface area (TPSA) is 66.9 Å². The summed E-state index contributed by atoms with van der Waals surface area (Å²) >= 11 is 0.868. The van der Waals surface area contributed by atoms with Crippen LogP contribution in [0.2, 0.25) is 0 Å². The van der Waals surface area contributed by atoms with Crippen LogP contribution in [0.1, 0.15) is 63.6 Å².